The molecule has 0 amide bonds. The van der Waals surface area contributed by atoms with Crippen LogP contribution in [0.5, 0.6) is 0 Å². The minimum atomic E-state index is -4.65. The highest BCUT2D eigenvalue weighted by Crippen LogP contribution is 2.43. The first kappa shape index (κ1) is 55.1. The number of aliphatic hydroxyl groups is 2. The third kappa shape index (κ3) is 35.8. The molecule has 12 heteroatoms. The molecule has 0 aromatic heterocycles. The van der Waals surface area contributed by atoms with Crippen LogP contribution in [0, 0.1) is 0 Å². The van der Waals surface area contributed by atoms with Gasteiger partial charge in [-0.05, 0) is 83.5 Å². The van der Waals surface area contributed by atoms with Crippen molar-refractivity contribution in [2.24, 2.45) is 0 Å². The summed E-state index contributed by atoms with van der Waals surface area (Å²) in [7, 11) is -4.65. The van der Waals surface area contributed by atoms with Crippen LogP contribution >= 0.6 is 7.82 Å². The molecular formula is C48H79O11P. The molecular weight excluding hydrogens is 783 g/mol. The zero-order chi connectivity index (χ0) is 43.8. The van der Waals surface area contributed by atoms with Gasteiger partial charge in [-0.25, -0.2) is 4.57 Å². The van der Waals surface area contributed by atoms with Crippen LogP contribution in [0.3, 0.4) is 0 Å². The van der Waals surface area contributed by atoms with E-state index in [9.17, 15) is 24.2 Å². The van der Waals surface area contributed by atoms with Gasteiger partial charge in [-0.15, -0.1) is 0 Å². The summed E-state index contributed by atoms with van der Waals surface area (Å²) in [6.07, 6.45) is 48.8. The van der Waals surface area contributed by atoms with Gasteiger partial charge < -0.3 is 29.3 Å². The van der Waals surface area contributed by atoms with Gasteiger partial charge in [0.1, 0.15) is 12.7 Å². The summed E-state index contributed by atoms with van der Waals surface area (Å²) in [5, 5.41) is 18.4. The van der Waals surface area contributed by atoms with Gasteiger partial charge in [0.2, 0.25) is 0 Å². The number of rotatable bonds is 40. The molecule has 0 aliphatic carbocycles. The van der Waals surface area contributed by atoms with Crippen molar-refractivity contribution in [2.75, 3.05) is 26.4 Å². The number of hydrogen-bond acceptors (Lipinski definition) is 10. The first-order valence-corrected chi connectivity index (χ1v) is 24.2. The number of hydrogen-bond donors (Lipinski definition) is 3. The monoisotopic (exact) mass is 863 g/mol. The molecule has 5 atom stereocenters. The second-order valence-corrected chi connectivity index (χ2v) is 16.5. The van der Waals surface area contributed by atoms with E-state index in [1.165, 1.54) is 44.9 Å². The highest BCUT2D eigenvalue weighted by atomic mass is 31.2. The third-order valence-corrected chi connectivity index (χ3v) is 10.4. The van der Waals surface area contributed by atoms with Crippen LogP contribution < -0.4 is 0 Å². The Morgan fingerprint density at radius 2 is 1.10 bits per heavy atom. The fraction of sp³-hybridized carbons (Fsp3) is 0.667. The van der Waals surface area contributed by atoms with Gasteiger partial charge in [-0.1, -0.05) is 144 Å². The van der Waals surface area contributed by atoms with Crippen LogP contribution in [0.4, 0.5) is 0 Å². The number of carbonyl (C=O) groups excluding carboxylic acids is 2. The Bertz CT molecular complexity index is 1340. The summed E-state index contributed by atoms with van der Waals surface area (Å²) in [5.41, 5.74) is 0. The number of carbonyl (C=O) groups is 2. The number of unbranched alkanes of at least 4 members (excludes halogenated alkanes) is 10. The second kappa shape index (κ2) is 39.0. The van der Waals surface area contributed by atoms with Gasteiger partial charge >= 0.3 is 19.8 Å². The van der Waals surface area contributed by atoms with Gasteiger partial charge in [0.05, 0.1) is 32.0 Å². The van der Waals surface area contributed by atoms with Crippen molar-refractivity contribution in [2.45, 2.75) is 180 Å². The van der Waals surface area contributed by atoms with Crippen LogP contribution in [0.15, 0.2) is 85.1 Å². The molecule has 1 aliphatic heterocycles. The number of allylic oxidation sites excluding steroid dienone is 12. The average molecular weight is 863 g/mol. The molecule has 0 aromatic carbocycles. The van der Waals surface area contributed by atoms with Crippen molar-refractivity contribution in [1.82, 2.24) is 0 Å². The summed E-state index contributed by atoms with van der Waals surface area (Å²) in [4.78, 5) is 35.0. The van der Waals surface area contributed by atoms with Gasteiger partial charge in [0.15, 0.2) is 6.10 Å². The quantitative estimate of drug-likeness (QED) is 0.0177. The highest BCUT2D eigenvalue weighted by molar-refractivity contribution is 7.47. The molecule has 3 unspecified atom stereocenters. The van der Waals surface area contributed by atoms with Crippen molar-refractivity contribution >= 4 is 19.8 Å². The van der Waals surface area contributed by atoms with Crippen molar-refractivity contribution < 1.29 is 52.5 Å². The SMILES string of the molecule is CC/C=C\CC1OC1C/C=C\C/C=C\C/C=C\C/C=C\CCC(=O)O[C@H](COC(=O)CCCCCCCCC/C=C\C/C=C\CCCCC)COP(=O)(O)OC[C@@H](O)CO. The molecule has 1 heterocycles. The Labute approximate surface area is 362 Å². The normalized spacial score (nSPS) is 17.9. The lowest BCUT2D eigenvalue weighted by Crippen LogP contribution is -2.29. The molecule has 0 spiro atoms. The smallest absolute Gasteiger partial charge is 0.462 e. The molecule has 11 nitrogen and oxygen atoms in total. The molecule has 0 saturated carbocycles. The largest absolute Gasteiger partial charge is 0.472 e. The number of esters is 2. The van der Waals surface area contributed by atoms with Crippen LogP contribution in [0.1, 0.15) is 155 Å². The van der Waals surface area contributed by atoms with Gasteiger partial charge in [0.25, 0.3) is 0 Å². The van der Waals surface area contributed by atoms with Gasteiger partial charge in [-0.3, -0.25) is 18.6 Å². The van der Waals surface area contributed by atoms with Crippen molar-refractivity contribution in [1.29, 1.82) is 0 Å². The minimum Gasteiger partial charge on any atom is -0.462 e. The van der Waals surface area contributed by atoms with E-state index in [2.05, 4.69) is 91.3 Å². The Kier molecular flexibility index (Phi) is 35.8. The van der Waals surface area contributed by atoms with Crippen LogP contribution in [-0.4, -0.2) is 77.9 Å². The van der Waals surface area contributed by atoms with Gasteiger partial charge in [0, 0.05) is 12.8 Å². The van der Waals surface area contributed by atoms with E-state index in [-0.39, 0.29) is 19.4 Å². The van der Waals surface area contributed by atoms with Crippen molar-refractivity contribution in [3.63, 3.8) is 0 Å². The Hall–Kier alpha value is -2.89. The maximum atomic E-state index is 12.6. The first-order chi connectivity index (χ1) is 29.2. The highest BCUT2D eigenvalue weighted by Gasteiger charge is 2.36. The third-order valence-electron chi connectivity index (χ3n) is 9.45. The molecule has 342 valence electrons. The average Bonchev–Trinajstić information content (AvgIpc) is 3.99. The van der Waals surface area contributed by atoms with Crippen molar-refractivity contribution in [3.05, 3.63) is 85.1 Å². The molecule has 3 N–H and O–H groups in total. The maximum absolute atomic E-state index is 12.6. The predicted octanol–water partition coefficient (Wildman–Crippen LogP) is 11.2. The summed E-state index contributed by atoms with van der Waals surface area (Å²) in [6.45, 7) is 2.12. The molecule has 1 rings (SSSR count). The predicted molar refractivity (Wildman–Crippen MR) is 241 cm³/mol. The number of phosphoric ester groups is 1. The molecule has 1 saturated heterocycles. The van der Waals surface area contributed by atoms with E-state index in [1.807, 2.05) is 12.2 Å². The number of aliphatic hydroxyl groups excluding tert-OH is 2. The zero-order valence-corrected chi connectivity index (χ0v) is 37.7. The Balaban J connectivity index is 2.29. The van der Waals surface area contributed by atoms with Crippen LogP contribution in [0.2, 0.25) is 0 Å². The van der Waals surface area contributed by atoms with E-state index in [1.54, 1.807) is 0 Å². The summed E-state index contributed by atoms with van der Waals surface area (Å²) in [5.74, 6) is -1.04. The molecule has 0 aromatic rings. The lowest BCUT2D eigenvalue weighted by Gasteiger charge is -2.20. The topological polar surface area (TPSA) is 161 Å². The number of phosphoric acid groups is 1. The standard InChI is InChI=1S/C48H79O11P/c1-3-5-7-8-9-10-11-12-13-14-15-16-20-23-26-29-33-37-47(51)55-41-44(42-57-60(53,54)56-40-43(50)39-49)58-48(52)38-34-30-27-24-21-18-17-19-22-25-28-32-36-46-45(59-46)35-31-6-4-2/h6,9-10,12-13,18-19,21-22,27-28,30-32,43-46,49-50H,3-5,7-8,11,14-17,20,23-26,29,33-42H2,1-2H3,(H,53,54)/b10-9-,13-12-,21-18-,22-19-,30-27-,31-6-,32-28-/t43-,44+,45?,46?/m0/s1. The van der Waals surface area contributed by atoms with E-state index in [4.69, 9.17) is 23.8 Å². The zero-order valence-electron chi connectivity index (χ0n) is 36.8. The molecule has 0 radical (unpaired) electrons. The van der Waals surface area contributed by atoms with E-state index in [0.717, 1.165) is 70.6 Å². The molecule has 60 heavy (non-hydrogen) atoms. The number of epoxide rings is 1. The lowest BCUT2D eigenvalue weighted by atomic mass is 10.1. The van der Waals surface area contributed by atoms with Crippen LogP contribution in [-0.2, 0) is 37.4 Å². The maximum Gasteiger partial charge on any atom is 0.472 e. The van der Waals surface area contributed by atoms with E-state index >= 15 is 0 Å². The lowest BCUT2D eigenvalue weighted by molar-refractivity contribution is -0.161. The molecule has 1 aliphatic rings. The van der Waals surface area contributed by atoms with E-state index < -0.39 is 51.8 Å². The fourth-order valence-electron chi connectivity index (χ4n) is 5.85. The fourth-order valence-corrected chi connectivity index (χ4v) is 6.64. The Morgan fingerprint density at radius 1 is 0.600 bits per heavy atom. The first-order valence-electron chi connectivity index (χ1n) is 22.7. The summed E-state index contributed by atoms with van der Waals surface area (Å²) < 4.78 is 38.3. The Morgan fingerprint density at radius 3 is 1.68 bits per heavy atom. The second-order valence-electron chi connectivity index (χ2n) is 15.1. The summed E-state index contributed by atoms with van der Waals surface area (Å²) >= 11 is 0. The van der Waals surface area contributed by atoms with E-state index in [0.29, 0.717) is 25.0 Å². The molecule has 1 fully saturated rings. The minimum absolute atomic E-state index is 0.0495. The number of ether oxygens (including phenoxy) is 3. The molecule has 0 bridgehead atoms. The van der Waals surface area contributed by atoms with Crippen molar-refractivity contribution in [3.8, 4) is 0 Å². The summed E-state index contributed by atoms with van der Waals surface area (Å²) in [6, 6.07) is 0. The van der Waals surface area contributed by atoms with Gasteiger partial charge in [-0.2, -0.15) is 0 Å². The van der Waals surface area contributed by atoms with Crippen LogP contribution in [0.25, 0.3) is 0 Å².